The minimum Gasteiger partial charge on any atom is -0.459 e. The van der Waals surface area contributed by atoms with Gasteiger partial charge in [0, 0.05) is 57.7 Å². The second-order valence-corrected chi connectivity index (χ2v) is 39.4. The maximum absolute atomic E-state index is 14.2. The summed E-state index contributed by atoms with van der Waals surface area (Å²) < 4.78 is 156. The van der Waals surface area contributed by atoms with Crippen molar-refractivity contribution in [2.75, 3.05) is 26.9 Å². The highest BCUT2D eigenvalue weighted by atomic mass is 16.8. The Hall–Kier alpha value is -3.50. The Balaban J connectivity index is 0.000000170. The summed E-state index contributed by atoms with van der Waals surface area (Å²) >= 11 is 0. The molecule has 22 aliphatic heterocycles. The third kappa shape index (κ3) is 16.9. The van der Waals surface area contributed by atoms with Crippen LogP contribution in [0.25, 0.3) is 0 Å². The lowest BCUT2D eigenvalue weighted by atomic mass is 9.78. The molecule has 1 N–H and O–H groups in total. The summed E-state index contributed by atoms with van der Waals surface area (Å²) in [4.78, 5) is 28.4. The Bertz CT molecular complexity index is 3730. The van der Waals surface area contributed by atoms with Gasteiger partial charge in [-0.05, 0) is 149 Å². The maximum atomic E-state index is 14.2. The van der Waals surface area contributed by atoms with E-state index in [4.69, 9.17) is 109 Å². The monoisotopic (exact) mass is 1700 g/mol. The molecule has 22 aliphatic rings. The van der Waals surface area contributed by atoms with E-state index in [9.17, 15) is 14.7 Å². The normalized spacial score (nSPS) is 52.0. The number of fused-ring (bicyclic) bond motifs is 14. The minimum absolute atomic E-state index is 0. The van der Waals surface area contributed by atoms with Gasteiger partial charge in [-0.3, -0.25) is 9.59 Å². The molecule has 24 bridgehead atoms. The Kier molecular flexibility index (Phi) is 26.7. The lowest BCUT2D eigenvalue weighted by Crippen LogP contribution is -2.62. The van der Waals surface area contributed by atoms with Crippen LogP contribution in [0, 0.1) is 29.6 Å². The Morgan fingerprint density at radius 2 is 0.843 bits per heavy atom. The van der Waals surface area contributed by atoms with Crippen molar-refractivity contribution < 1.29 is 124 Å². The molecule has 0 saturated carbocycles. The van der Waals surface area contributed by atoms with Gasteiger partial charge in [0.1, 0.15) is 73.2 Å². The highest BCUT2D eigenvalue weighted by molar-refractivity contribution is 5.71. The Morgan fingerprint density at radius 3 is 1.30 bits per heavy atom. The van der Waals surface area contributed by atoms with Gasteiger partial charge < -0.3 is 114 Å². The summed E-state index contributed by atoms with van der Waals surface area (Å²) in [7, 11) is 1.67. The molecule has 0 aliphatic carbocycles. The van der Waals surface area contributed by atoms with E-state index in [1.54, 1.807) is 19.3 Å². The Morgan fingerprint density at radius 1 is 0.413 bits per heavy atom. The van der Waals surface area contributed by atoms with Crippen molar-refractivity contribution in [2.45, 2.75) is 454 Å². The molecule has 22 rings (SSSR count). The lowest BCUT2D eigenvalue weighted by Gasteiger charge is -2.51. The van der Waals surface area contributed by atoms with Crippen molar-refractivity contribution in [2.24, 2.45) is 29.6 Å². The van der Waals surface area contributed by atoms with Gasteiger partial charge in [0.15, 0.2) is 11.6 Å². The van der Waals surface area contributed by atoms with E-state index in [2.05, 4.69) is 81.0 Å². The van der Waals surface area contributed by atoms with E-state index in [1.807, 2.05) is 0 Å². The van der Waals surface area contributed by atoms with Crippen molar-refractivity contribution in [3.05, 3.63) is 73.9 Å². The fraction of sp³-hybridized carbons (Fsp3) is 0.853. The molecule has 121 heavy (non-hydrogen) atoms. The Labute approximate surface area is 717 Å². The molecule has 22 heterocycles. The van der Waals surface area contributed by atoms with Gasteiger partial charge >= 0.3 is 11.9 Å². The molecule has 0 aromatic rings. The quantitative estimate of drug-likeness (QED) is 0.149. The predicted octanol–water partition coefficient (Wildman–Crippen LogP) is 12.9. The number of carbonyl (C=O) groups is 2. The lowest BCUT2D eigenvalue weighted by molar-refractivity contribution is -0.305. The molecular weight excluding hydrogens is 1560 g/mol. The van der Waals surface area contributed by atoms with Gasteiger partial charge in [-0.15, -0.1) is 13.2 Å². The first-order valence-corrected chi connectivity index (χ1v) is 46.1. The summed E-state index contributed by atoms with van der Waals surface area (Å²) in [5.41, 5.74) is 4.34. The van der Waals surface area contributed by atoms with Crippen molar-refractivity contribution in [3.63, 3.8) is 0 Å². The standard InChI is InChI=1S/C47H68O12.C46H66O14.2CH4/c1-8-10-32-26(5)20-36-39(54-32)28(7)40-37(53-36)22-35-27(6)24(3)18-29(51-35)11-13-33-25(4)19-31(50-33)15-16-46-23-47(49-17-9-2)45(59-46)44-43(58-47)42(57-46)41-34(55-44)14-12-30(52-41)21-38(48)56-40;1-7-16-50-46-22-45-14-12-29-18-24(3)30(51-29)10-8-27-17-23(2)25(4)33(52-27)20-35-39(26(5)38-36(54-35)21-34(49-6)31(55-38)13-15-47)57-37(48)19-28-9-11-32-40(53-28)41(58-45)42(59-46)43(56-32)44(46)60-45;;/h9,24,26,28-37,39-45H,2,4,6,8,10-23H2,1,3,5,7H3;7,23,26-36,38-44,47H,1,3-4,8-22H2,2,5-6H3;2*1H4/t24-,26-,28+,29+,30-,31+,32-,33?,34+,35?,36+,37+,39+,40-,41+,42+,43+,44?,45+,46-,47?;23-,26+,27+,28-,29+,30?,31-,32+,33?,34-,35+,36+,38+,39-,40+,41+,42+,43?,44+,45-,46?;;/m11../s1. The molecule has 42 atom stereocenters. The van der Waals surface area contributed by atoms with E-state index >= 15 is 0 Å². The van der Waals surface area contributed by atoms with Crippen molar-refractivity contribution >= 4 is 11.9 Å². The average molecular weight is 1700 g/mol. The molecule has 678 valence electrons. The van der Waals surface area contributed by atoms with Crippen LogP contribution in [0.3, 0.4) is 0 Å². The topological polar surface area (TPSA) is 267 Å². The molecule has 26 heteroatoms. The first-order chi connectivity index (χ1) is 57.4. The molecule has 0 aromatic heterocycles. The van der Waals surface area contributed by atoms with Gasteiger partial charge in [0.05, 0.1) is 167 Å². The zero-order chi connectivity index (χ0) is 82.3. The van der Waals surface area contributed by atoms with Crippen LogP contribution in [0.4, 0.5) is 0 Å². The van der Waals surface area contributed by atoms with E-state index in [-0.39, 0.29) is 198 Å². The largest absolute Gasteiger partial charge is 0.459 e. The minimum atomic E-state index is -1.04. The summed E-state index contributed by atoms with van der Waals surface area (Å²) in [5, 5.41) is 9.86. The van der Waals surface area contributed by atoms with Gasteiger partial charge in [0.25, 0.3) is 0 Å². The molecule has 2 spiro atoms. The van der Waals surface area contributed by atoms with Gasteiger partial charge in [-0.1, -0.05) is 101 Å². The number of methoxy groups -OCH3 is 1. The SMILES string of the molecule is C.C.C=CCOC12C[C@]34CC[C@H]5CC(=C)C(CC[C@H]6C[C@@H](C)C(=C)C(C[C@@H]7O[C@H]8C[C@@H](C)[C@@H](CCC)O[C@H]8[C@H](C)[C@H]7OC(=O)C[C@H]7CC[C@@H]8OC([C@@H](O1)[C@@H](O3)[C@H]8O7)[C@@H]2O4)O6)O5.C=CCOC12C[C@]34CC[C@H]5CC(=C)C(CC[C@H]6C[C@@H](C)C(=C)C(C[C@@H]7O[C@H]8C[C@@H](OC)[C@@H](CCO)O[C@H]8[C@H](C)[C@H]7OC(=O)C[C@H]7CC[C@@H]8OC([C@@H](O1)[C@@H](O3)[C@H]8O7)[C@@H]2O4)O6)O5. The summed E-state index contributed by atoms with van der Waals surface area (Å²) in [6.45, 7) is 39.6. The van der Waals surface area contributed by atoms with Crippen LogP contribution in [0.5, 0.6) is 0 Å². The number of aliphatic hydroxyl groups is 1. The average Bonchev–Trinajstić information content (AvgIpc) is 1.53. The molecule has 0 amide bonds. The predicted molar refractivity (Wildman–Crippen MR) is 440 cm³/mol. The zero-order valence-corrected chi connectivity index (χ0v) is 71.2. The first-order valence-electron chi connectivity index (χ1n) is 46.1. The van der Waals surface area contributed by atoms with Crippen LogP contribution in [-0.4, -0.2) is 269 Å². The number of rotatable bonds is 11. The zero-order valence-electron chi connectivity index (χ0n) is 71.2. The fourth-order valence-electron chi connectivity index (χ4n) is 25.3. The number of hydrogen-bond acceptors (Lipinski definition) is 26. The molecule has 22 saturated heterocycles. The molecule has 0 aromatic carbocycles. The molecule has 26 nitrogen and oxygen atoms in total. The van der Waals surface area contributed by atoms with Crippen LogP contribution in [0.1, 0.15) is 230 Å². The van der Waals surface area contributed by atoms with E-state index in [0.717, 1.165) is 99.3 Å². The van der Waals surface area contributed by atoms with Crippen LogP contribution in [0.2, 0.25) is 0 Å². The fourth-order valence-corrected chi connectivity index (χ4v) is 25.3. The number of ether oxygens (including phenoxy) is 23. The maximum Gasteiger partial charge on any atom is 0.308 e. The van der Waals surface area contributed by atoms with Gasteiger partial charge in [-0.25, -0.2) is 0 Å². The number of hydrogen-bond donors (Lipinski definition) is 1. The smallest absolute Gasteiger partial charge is 0.308 e. The highest BCUT2D eigenvalue weighted by Gasteiger charge is 2.78. The van der Waals surface area contributed by atoms with E-state index < -0.39 is 96.4 Å². The third-order valence-electron chi connectivity index (χ3n) is 31.4. The molecular formula is C95H142O26. The van der Waals surface area contributed by atoms with Crippen LogP contribution in [0.15, 0.2) is 73.9 Å². The molecule has 8 unspecified atom stereocenters. The number of carbonyl (C=O) groups excluding carboxylic acids is 2. The summed E-state index contributed by atoms with van der Waals surface area (Å²) in [6.07, 6.45) is 11.8. The van der Waals surface area contributed by atoms with Crippen molar-refractivity contribution in [1.82, 2.24) is 0 Å². The first kappa shape index (κ1) is 89.5. The summed E-state index contributed by atoms with van der Waals surface area (Å²) in [5.74, 6) is -4.08. The van der Waals surface area contributed by atoms with Crippen molar-refractivity contribution in [3.8, 4) is 0 Å². The number of esters is 2. The van der Waals surface area contributed by atoms with Crippen LogP contribution in [-0.2, 0) is 119 Å². The van der Waals surface area contributed by atoms with E-state index in [1.165, 1.54) is 0 Å². The molecule has 22 fully saturated rings. The van der Waals surface area contributed by atoms with Crippen LogP contribution < -0.4 is 0 Å². The van der Waals surface area contributed by atoms with Gasteiger partial charge in [0.2, 0.25) is 11.6 Å². The second kappa shape index (κ2) is 36.1. The third-order valence-corrected chi connectivity index (χ3v) is 31.4. The van der Waals surface area contributed by atoms with Crippen molar-refractivity contribution in [1.29, 1.82) is 0 Å². The van der Waals surface area contributed by atoms with Crippen LogP contribution >= 0.6 is 0 Å². The van der Waals surface area contributed by atoms with E-state index in [0.29, 0.717) is 103 Å². The number of aliphatic hydroxyl groups excluding tert-OH is 1. The van der Waals surface area contributed by atoms with Gasteiger partial charge in [-0.2, -0.15) is 0 Å². The molecule has 0 radical (unpaired) electrons. The summed E-state index contributed by atoms with van der Waals surface area (Å²) in [6, 6.07) is 0. The second-order valence-electron chi connectivity index (χ2n) is 39.4. The highest BCUT2D eigenvalue weighted by Crippen LogP contribution is 2.62.